The van der Waals surface area contributed by atoms with Crippen LogP contribution in [-0.4, -0.2) is 6.04 Å². The second kappa shape index (κ2) is 6.91. The smallest absolute Gasteiger partial charge is 0.125 e. The summed E-state index contributed by atoms with van der Waals surface area (Å²) >= 11 is 5.91. The minimum Gasteiger partial charge on any atom is -0.310 e. The second-order valence-electron chi connectivity index (χ2n) is 6.59. The first-order valence-electron chi connectivity index (χ1n) is 7.64. The summed E-state index contributed by atoms with van der Waals surface area (Å²) in [4.78, 5) is 0. The molecule has 1 aromatic rings. The van der Waals surface area contributed by atoms with Gasteiger partial charge < -0.3 is 5.32 Å². The van der Waals surface area contributed by atoms with Crippen molar-refractivity contribution in [3.63, 3.8) is 0 Å². The van der Waals surface area contributed by atoms with E-state index in [0.717, 1.165) is 17.4 Å². The summed E-state index contributed by atoms with van der Waals surface area (Å²) in [5.74, 6) is 1.93. The Kier molecular flexibility index (Phi) is 5.45. The van der Waals surface area contributed by atoms with Gasteiger partial charge in [0, 0.05) is 17.6 Å². The normalized spacial score (nSPS) is 27.0. The summed E-state index contributed by atoms with van der Waals surface area (Å²) in [6, 6.07) is 5.29. The quantitative estimate of drug-likeness (QED) is 0.822. The fourth-order valence-electron chi connectivity index (χ4n) is 3.40. The molecule has 20 heavy (non-hydrogen) atoms. The van der Waals surface area contributed by atoms with E-state index in [1.54, 1.807) is 6.07 Å². The molecule has 0 aliphatic heterocycles. The molecule has 3 unspecified atom stereocenters. The van der Waals surface area contributed by atoms with E-state index in [4.69, 9.17) is 11.6 Å². The fourth-order valence-corrected chi connectivity index (χ4v) is 3.64. The van der Waals surface area contributed by atoms with E-state index < -0.39 is 0 Å². The van der Waals surface area contributed by atoms with Crippen molar-refractivity contribution < 1.29 is 4.39 Å². The Morgan fingerprint density at radius 1 is 1.30 bits per heavy atom. The van der Waals surface area contributed by atoms with Crippen molar-refractivity contribution in [1.29, 1.82) is 0 Å². The van der Waals surface area contributed by atoms with Crippen molar-refractivity contribution in [3.8, 4) is 0 Å². The van der Waals surface area contributed by atoms with Crippen molar-refractivity contribution in [1.82, 2.24) is 5.32 Å². The Bertz CT molecular complexity index is 426. The van der Waals surface area contributed by atoms with Crippen LogP contribution in [0.1, 0.15) is 45.6 Å². The Morgan fingerprint density at radius 3 is 2.70 bits per heavy atom. The van der Waals surface area contributed by atoms with Crippen molar-refractivity contribution >= 4 is 11.6 Å². The average Bonchev–Trinajstić information content (AvgIpc) is 2.35. The Labute approximate surface area is 126 Å². The van der Waals surface area contributed by atoms with Gasteiger partial charge in [-0.2, -0.15) is 0 Å². The third kappa shape index (κ3) is 4.20. The number of halogens is 2. The molecule has 1 nitrogen and oxygen atoms in total. The summed E-state index contributed by atoms with van der Waals surface area (Å²) in [6.07, 6.45) is 3.83. The first-order chi connectivity index (χ1) is 9.45. The first-order valence-corrected chi connectivity index (χ1v) is 8.02. The highest BCUT2D eigenvalue weighted by Crippen LogP contribution is 2.33. The van der Waals surface area contributed by atoms with E-state index in [-0.39, 0.29) is 5.82 Å². The van der Waals surface area contributed by atoms with Gasteiger partial charge in [-0.05, 0) is 54.4 Å². The second-order valence-corrected chi connectivity index (χ2v) is 7.03. The molecule has 112 valence electrons. The number of nitrogens with one attached hydrogen (secondary N) is 1. The highest BCUT2D eigenvalue weighted by Gasteiger charge is 2.30. The van der Waals surface area contributed by atoms with Gasteiger partial charge in [0.15, 0.2) is 0 Å². The summed E-state index contributed by atoms with van der Waals surface area (Å²) < 4.78 is 13.3. The summed E-state index contributed by atoms with van der Waals surface area (Å²) in [6.45, 7) is 7.62. The maximum atomic E-state index is 13.3. The Morgan fingerprint density at radius 2 is 2.05 bits per heavy atom. The lowest BCUT2D eigenvalue weighted by Gasteiger charge is -2.38. The molecule has 1 aliphatic rings. The van der Waals surface area contributed by atoms with E-state index in [9.17, 15) is 4.39 Å². The third-order valence-corrected chi connectivity index (χ3v) is 4.73. The van der Waals surface area contributed by atoms with Crippen molar-refractivity contribution in [3.05, 3.63) is 34.6 Å². The van der Waals surface area contributed by atoms with Crippen LogP contribution in [0.5, 0.6) is 0 Å². The minimum atomic E-state index is -0.258. The molecule has 2 rings (SSSR count). The zero-order valence-electron chi connectivity index (χ0n) is 12.6. The van der Waals surface area contributed by atoms with Gasteiger partial charge in [-0.15, -0.1) is 0 Å². The molecule has 1 aromatic carbocycles. The van der Waals surface area contributed by atoms with Gasteiger partial charge in [-0.1, -0.05) is 38.8 Å². The predicted octanol–water partition coefficient (Wildman–Crippen LogP) is 5.03. The molecule has 0 radical (unpaired) electrons. The molecule has 3 atom stereocenters. The number of hydrogen-bond donors (Lipinski definition) is 1. The third-order valence-electron chi connectivity index (χ3n) is 4.51. The molecule has 1 saturated carbocycles. The van der Waals surface area contributed by atoms with Crippen LogP contribution in [-0.2, 0) is 6.54 Å². The average molecular weight is 298 g/mol. The lowest BCUT2D eigenvalue weighted by molar-refractivity contribution is 0.169. The Hall–Kier alpha value is -0.600. The van der Waals surface area contributed by atoms with Gasteiger partial charge in [-0.25, -0.2) is 4.39 Å². The van der Waals surface area contributed by atoms with Gasteiger partial charge in [0.05, 0.1) is 0 Å². The molecule has 1 fully saturated rings. The summed E-state index contributed by atoms with van der Waals surface area (Å²) in [5, 5.41) is 4.10. The monoisotopic (exact) mass is 297 g/mol. The first kappa shape index (κ1) is 15.8. The maximum Gasteiger partial charge on any atom is 0.125 e. The summed E-state index contributed by atoms with van der Waals surface area (Å²) in [7, 11) is 0. The van der Waals surface area contributed by atoms with E-state index in [2.05, 4.69) is 26.1 Å². The van der Waals surface area contributed by atoms with Crippen LogP contribution in [0.25, 0.3) is 0 Å². The molecule has 3 heteroatoms. The van der Waals surface area contributed by atoms with Crippen molar-refractivity contribution in [2.24, 2.45) is 17.8 Å². The molecule has 0 aromatic heterocycles. The predicted molar refractivity (Wildman–Crippen MR) is 83.4 cm³/mol. The molecule has 0 bridgehead atoms. The number of rotatable bonds is 4. The number of hydrogen-bond acceptors (Lipinski definition) is 1. The molecular weight excluding hydrogens is 273 g/mol. The standard InChI is InChI=1S/C17H25ClFN/c1-11(2)16-5-4-12(3)6-17(16)20-10-13-7-14(18)9-15(19)8-13/h7-9,11-12,16-17,20H,4-6,10H2,1-3H3. The SMILES string of the molecule is CC1CCC(C(C)C)C(NCc2cc(F)cc(Cl)c2)C1. The molecule has 1 N–H and O–H groups in total. The minimum absolute atomic E-state index is 0.258. The van der Waals surface area contributed by atoms with E-state index in [0.29, 0.717) is 23.5 Å². The van der Waals surface area contributed by atoms with Crippen LogP contribution < -0.4 is 5.32 Å². The van der Waals surface area contributed by atoms with E-state index in [1.807, 2.05) is 6.07 Å². The summed E-state index contributed by atoms with van der Waals surface area (Å²) in [5.41, 5.74) is 0.927. The van der Waals surface area contributed by atoms with Crippen LogP contribution in [0.4, 0.5) is 4.39 Å². The lowest BCUT2D eigenvalue weighted by atomic mass is 9.74. The van der Waals surface area contributed by atoms with Crippen molar-refractivity contribution in [2.45, 2.75) is 52.6 Å². The maximum absolute atomic E-state index is 13.3. The van der Waals surface area contributed by atoms with Crippen LogP contribution in [0, 0.1) is 23.6 Å². The molecule has 0 heterocycles. The Balaban J connectivity index is 1.99. The highest BCUT2D eigenvalue weighted by molar-refractivity contribution is 6.30. The van der Waals surface area contributed by atoms with Gasteiger partial charge in [0.1, 0.15) is 5.82 Å². The molecule has 0 spiro atoms. The lowest BCUT2D eigenvalue weighted by Crippen LogP contribution is -2.42. The van der Waals surface area contributed by atoms with Gasteiger partial charge >= 0.3 is 0 Å². The van der Waals surface area contributed by atoms with Crippen LogP contribution in [0.15, 0.2) is 18.2 Å². The fraction of sp³-hybridized carbons (Fsp3) is 0.647. The van der Waals surface area contributed by atoms with Crippen LogP contribution >= 0.6 is 11.6 Å². The van der Waals surface area contributed by atoms with Crippen molar-refractivity contribution in [2.75, 3.05) is 0 Å². The topological polar surface area (TPSA) is 12.0 Å². The van der Waals surface area contributed by atoms with Crippen LogP contribution in [0.2, 0.25) is 5.02 Å². The van der Waals surface area contributed by atoms with Crippen LogP contribution in [0.3, 0.4) is 0 Å². The molecular formula is C17H25ClFN. The zero-order chi connectivity index (χ0) is 14.7. The highest BCUT2D eigenvalue weighted by atomic mass is 35.5. The molecule has 1 aliphatic carbocycles. The zero-order valence-corrected chi connectivity index (χ0v) is 13.4. The van der Waals surface area contributed by atoms with E-state index >= 15 is 0 Å². The largest absolute Gasteiger partial charge is 0.310 e. The van der Waals surface area contributed by atoms with Gasteiger partial charge in [0.25, 0.3) is 0 Å². The van der Waals surface area contributed by atoms with Gasteiger partial charge in [-0.3, -0.25) is 0 Å². The van der Waals surface area contributed by atoms with E-state index in [1.165, 1.54) is 25.3 Å². The van der Waals surface area contributed by atoms with Gasteiger partial charge in [0.2, 0.25) is 0 Å². The molecule has 0 amide bonds. The molecule has 0 saturated heterocycles. The number of benzene rings is 1.